The minimum absolute atomic E-state index is 0.0519. The number of methoxy groups -OCH3 is 1. The van der Waals surface area contributed by atoms with Gasteiger partial charge in [0.2, 0.25) is 10.0 Å². The van der Waals surface area contributed by atoms with E-state index in [9.17, 15) is 18.3 Å². The number of ether oxygens (including phenoxy) is 3. The topological polar surface area (TPSA) is 115 Å². The largest absolute Gasteiger partial charge is 0.496 e. The Bertz CT molecular complexity index is 1320. The molecule has 11 heteroatoms. The Morgan fingerprint density at radius 2 is 1.77 bits per heavy atom. The van der Waals surface area contributed by atoms with E-state index in [1.807, 2.05) is 37.4 Å². The maximum Gasteiger partial charge on any atom is 0.339 e. The summed E-state index contributed by atoms with van der Waals surface area (Å²) in [5, 5.41) is 12.3. The van der Waals surface area contributed by atoms with Crippen molar-refractivity contribution in [3.8, 4) is 39.1 Å². The highest BCUT2D eigenvalue weighted by molar-refractivity contribution is 7.88. The Kier molecular flexibility index (Phi) is 8.36. The van der Waals surface area contributed by atoms with Gasteiger partial charge in [-0.2, -0.15) is 0 Å². The summed E-state index contributed by atoms with van der Waals surface area (Å²) in [7, 11) is -0.714. The van der Waals surface area contributed by atoms with Crippen LogP contribution in [0.2, 0.25) is 0 Å². The second-order valence-electron chi connectivity index (χ2n) is 7.61. The minimum Gasteiger partial charge on any atom is -0.496 e. The molecule has 3 rings (SSSR count). The molecular formula is C24H28N2O7S2. The molecule has 0 saturated carbocycles. The highest BCUT2D eigenvalue weighted by atomic mass is 32.2. The number of aromatic carboxylic acids is 1. The third-order valence-electron chi connectivity index (χ3n) is 5.15. The molecule has 0 amide bonds. The number of thiazole rings is 1. The van der Waals surface area contributed by atoms with E-state index in [-0.39, 0.29) is 17.9 Å². The van der Waals surface area contributed by atoms with Crippen molar-refractivity contribution in [3.05, 3.63) is 46.8 Å². The molecule has 0 saturated heterocycles. The van der Waals surface area contributed by atoms with Crippen LogP contribution in [0.15, 0.2) is 35.7 Å². The Balaban J connectivity index is 2.06. The fourth-order valence-electron chi connectivity index (χ4n) is 3.43. The van der Waals surface area contributed by atoms with Gasteiger partial charge in [0.15, 0.2) is 11.5 Å². The van der Waals surface area contributed by atoms with E-state index >= 15 is 0 Å². The smallest absolute Gasteiger partial charge is 0.339 e. The summed E-state index contributed by atoms with van der Waals surface area (Å²) in [6.45, 7) is 4.75. The van der Waals surface area contributed by atoms with Crippen molar-refractivity contribution in [2.75, 3.05) is 33.6 Å². The monoisotopic (exact) mass is 520 g/mol. The van der Waals surface area contributed by atoms with Crippen LogP contribution in [0.25, 0.3) is 21.8 Å². The molecule has 0 fully saturated rings. The van der Waals surface area contributed by atoms with Crippen LogP contribution >= 0.6 is 11.3 Å². The predicted octanol–water partition coefficient (Wildman–Crippen LogP) is 4.37. The van der Waals surface area contributed by atoms with Gasteiger partial charge < -0.3 is 19.3 Å². The van der Waals surface area contributed by atoms with Crippen LogP contribution < -0.4 is 14.2 Å². The number of carboxylic acid groups (broad SMARTS) is 1. The van der Waals surface area contributed by atoms with Gasteiger partial charge in [-0.25, -0.2) is 22.5 Å². The van der Waals surface area contributed by atoms with E-state index in [0.29, 0.717) is 46.5 Å². The molecule has 0 aliphatic heterocycles. The maximum atomic E-state index is 12.0. The van der Waals surface area contributed by atoms with Crippen LogP contribution in [0.3, 0.4) is 0 Å². The molecule has 1 heterocycles. The lowest BCUT2D eigenvalue weighted by Gasteiger charge is -2.18. The van der Waals surface area contributed by atoms with Crippen LogP contribution in [-0.2, 0) is 16.6 Å². The fourth-order valence-corrected chi connectivity index (χ4v) is 4.63. The van der Waals surface area contributed by atoms with Gasteiger partial charge in [-0.05, 0) is 44.2 Å². The molecule has 35 heavy (non-hydrogen) atoms. The summed E-state index contributed by atoms with van der Waals surface area (Å²) in [6.07, 6.45) is 1.08. The lowest BCUT2D eigenvalue weighted by molar-refractivity contribution is 0.0693. The van der Waals surface area contributed by atoms with Gasteiger partial charge in [-0.3, -0.25) is 0 Å². The number of carbonyl (C=O) groups is 1. The number of hydrogen-bond donors (Lipinski definition) is 1. The van der Waals surface area contributed by atoms with Crippen molar-refractivity contribution in [2.45, 2.75) is 20.4 Å². The minimum atomic E-state index is -3.49. The Labute approximate surface area is 209 Å². The number of hydrogen-bond acceptors (Lipinski definition) is 8. The predicted molar refractivity (Wildman–Crippen MR) is 135 cm³/mol. The zero-order valence-electron chi connectivity index (χ0n) is 20.2. The van der Waals surface area contributed by atoms with Gasteiger partial charge in [-0.15, -0.1) is 11.3 Å². The number of benzene rings is 2. The van der Waals surface area contributed by atoms with Gasteiger partial charge in [0.05, 0.1) is 32.3 Å². The first kappa shape index (κ1) is 26.5. The molecular weight excluding hydrogens is 492 g/mol. The van der Waals surface area contributed by atoms with Crippen LogP contribution in [0.1, 0.15) is 29.8 Å². The first-order valence-corrected chi connectivity index (χ1v) is 13.5. The average molecular weight is 521 g/mol. The molecule has 1 N–H and O–H groups in total. The maximum absolute atomic E-state index is 12.0. The molecule has 1 aromatic heterocycles. The first-order chi connectivity index (χ1) is 16.6. The zero-order valence-corrected chi connectivity index (χ0v) is 21.8. The van der Waals surface area contributed by atoms with E-state index in [4.69, 9.17) is 19.2 Å². The molecule has 3 aromatic rings. The zero-order chi connectivity index (χ0) is 25.8. The summed E-state index contributed by atoms with van der Waals surface area (Å²) < 4.78 is 41.7. The second-order valence-corrected chi connectivity index (χ2v) is 10.6. The number of carboxylic acids is 1. The van der Waals surface area contributed by atoms with Gasteiger partial charge in [0.25, 0.3) is 0 Å². The van der Waals surface area contributed by atoms with Crippen molar-refractivity contribution in [3.63, 3.8) is 0 Å². The SMILES string of the molecule is CCOc1ccc(-c2nc(-c3cc(CN(C)S(C)(=O)=O)c(OC)c(C(=O)O)c3)cs2)cc1OCC. The highest BCUT2D eigenvalue weighted by Gasteiger charge is 2.22. The third-order valence-corrected chi connectivity index (χ3v) is 7.30. The van der Waals surface area contributed by atoms with E-state index in [1.54, 1.807) is 6.07 Å². The number of aromatic nitrogens is 1. The van der Waals surface area contributed by atoms with Gasteiger partial charge in [0, 0.05) is 35.7 Å². The Morgan fingerprint density at radius 1 is 1.09 bits per heavy atom. The summed E-state index contributed by atoms with van der Waals surface area (Å²) in [5.74, 6) is 0.193. The number of sulfonamides is 1. The molecule has 0 aliphatic rings. The fraction of sp³-hybridized carbons (Fsp3) is 0.333. The van der Waals surface area contributed by atoms with Crippen LogP contribution in [0.5, 0.6) is 17.2 Å². The van der Waals surface area contributed by atoms with Gasteiger partial charge >= 0.3 is 5.97 Å². The van der Waals surface area contributed by atoms with E-state index < -0.39 is 16.0 Å². The summed E-state index contributed by atoms with van der Waals surface area (Å²) in [6, 6.07) is 8.77. The lowest BCUT2D eigenvalue weighted by Crippen LogP contribution is -2.25. The molecule has 0 atom stereocenters. The molecule has 0 radical (unpaired) electrons. The van der Waals surface area contributed by atoms with Crippen molar-refractivity contribution in [1.29, 1.82) is 0 Å². The number of rotatable bonds is 11. The Morgan fingerprint density at radius 3 is 2.37 bits per heavy atom. The molecule has 2 aromatic carbocycles. The lowest BCUT2D eigenvalue weighted by atomic mass is 10.0. The van der Waals surface area contributed by atoms with Gasteiger partial charge in [0.1, 0.15) is 16.3 Å². The highest BCUT2D eigenvalue weighted by Crippen LogP contribution is 2.37. The van der Waals surface area contributed by atoms with Crippen molar-refractivity contribution in [2.24, 2.45) is 0 Å². The average Bonchev–Trinajstić information content (AvgIpc) is 3.29. The summed E-state index contributed by atoms with van der Waals surface area (Å²) in [5.41, 5.74) is 2.28. The van der Waals surface area contributed by atoms with E-state index in [0.717, 1.165) is 16.1 Å². The molecule has 0 bridgehead atoms. The summed E-state index contributed by atoms with van der Waals surface area (Å²) in [4.78, 5) is 16.7. The number of nitrogens with zero attached hydrogens (tertiary/aromatic N) is 2. The third kappa shape index (κ3) is 6.11. The first-order valence-electron chi connectivity index (χ1n) is 10.8. The molecule has 9 nitrogen and oxygen atoms in total. The van der Waals surface area contributed by atoms with Gasteiger partial charge in [-0.1, -0.05) is 0 Å². The van der Waals surface area contributed by atoms with E-state index in [1.165, 1.54) is 31.6 Å². The molecule has 0 unspecified atom stereocenters. The quantitative estimate of drug-likeness (QED) is 0.396. The molecule has 0 aliphatic carbocycles. The normalized spacial score (nSPS) is 11.5. The Hall–Kier alpha value is -3.15. The van der Waals surface area contributed by atoms with Crippen LogP contribution in [-0.4, -0.2) is 62.4 Å². The van der Waals surface area contributed by atoms with Crippen LogP contribution in [0.4, 0.5) is 0 Å². The molecule has 0 spiro atoms. The van der Waals surface area contributed by atoms with Crippen molar-refractivity contribution in [1.82, 2.24) is 9.29 Å². The second kappa shape index (κ2) is 11.1. The van der Waals surface area contributed by atoms with E-state index in [2.05, 4.69) is 0 Å². The summed E-state index contributed by atoms with van der Waals surface area (Å²) >= 11 is 1.40. The molecule has 188 valence electrons. The standard InChI is InChI=1S/C24H28N2O7S2/c1-6-32-20-9-8-15(12-21(20)33-7-2)23-25-19(14-34-23)16-10-17(13-26(3)35(5,29)30)22(31-4)18(11-16)24(27)28/h8-12,14H,6-7,13H2,1-5H3,(H,27,28). The van der Waals surface area contributed by atoms with Crippen LogP contribution in [0, 0.1) is 0 Å². The van der Waals surface area contributed by atoms with Crippen molar-refractivity contribution < 1.29 is 32.5 Å². The van der Waals surface area contributed by atoms with Crippen molar-refractivity contribution >= 4 is 27.3 Å².